The standard InChI is InChI=1S/C12H19N3O/c1-4-10-13-11(5-12(16)14-10)15-6-8(2)9(3)7-15/h5,8-9H,4,6-7H2,1-3H3,(H,13,14,16). The highest BCUT2D eigenvalue weighted by molar-refractivity contribution is 5.39. The van der Waals surface area contributed by atoms with Crippen molar-refractivity contribution in [3.05, 3.63) is 22.2 Å². The van der Waals surface area contributed by atoms with Crippen LogP contribution < -0.4 is 10.5 Å². The maximum absolute atomic E-state index is 11.5. The molecule has 4 nitrogen and oxygen atoms in total. The lowest BCUT2D eigenvalue weighted by atomic mass is 10.0. The molecule has 1 fully saturated rings. The van der Waals surface area contributed by atoms with Crippen molar-refractivity contribution in [1.29, 1.82) is 0 Å². The summed E-state index contributed by atoms with van der Waals surface area (Å²) in [4.78, 5) is 20.9. The van der Waals surface area contributed by atoms with E-state index < -0.39 is 0 Å². The maximum Gasteiger partial charge on any atom is 0.252 e. The number of nitrogens with one attached hydrogen (secondary N) is 1. The first-order valence-electron chi connectivity index (χ1n) is 5.95. The van der Waals surface area contributed by atoms with Gasteiger partial charge in [0.15, 0.2) is 0 Å². The molecule has 1 aromatic heterocycles. The quantitative estimate of drug-likeness (QED) is 0.821. The van der Waals surface area contributed by atoms with E-state index in [9.17, 15) is 4.79 Å². The highest BCUT2D eigenvalue weighted by Gasteiger charge is 2.27. The van der Waals surface area contributed by atoms with Gasteiger partial charge in [0.1, 0.15) is 11.6 Å². The van der Waals surface area contributed by atoms with E-state index in [4.69, 9.17) is 0 Å². The minimum Gasteiger partial charge on any atom is -0.356 e. The smallest absolute Gasteiger partial charge is 0.252 e. The fourth-order valence-electron chi connectivity index (χ4n) is 2.14. The van der Waals surface area contributed by atoms with Gasteiger partial charge in [-0.15, -0.1) is 0 Å². The molecule has 1 saturated heterocycles. The predicted octanol–water partition coefficient (Wildman–Crippen LogP) is 1.42. The van der Waals surface area contributed by atoms with Crippen LogP contribution in [-0.4, -0.2) is 23.1 Å². The van der Waals surface area contributed by atoms with Crippen LogP contribution in [0.5, 0.6) is 0 Å². The number of aromatic nitrogens is 2. The summed E-state index contributed by atoms with van der Waals surface area (Å²) in [6.07, 6.45) is 0.766. The minimum absolute atomic E-state index is 0.0472. The Morgan fingerprint density at radius 1 is 1.44 bits per heavy atom. The van der Waals surface area contributed by atoms with E-state index in [2.05, 4.69) is 28.7 Å². The van der Waals surface area contributed by atoms with Crippen LogP contribution >= 0.6 is 0 Å². The summed E-state index contributed by atoms with van der Waals surface area (Å²) in [5.41, 5.74) is -0.0472. The Bertz CT molecular complexity index is 417. The van der Waals surface area contributed by atoms with Gasteiger partial charge in [0.25, 0.3) is 5.56 Å². The molecule has 1 aliphatic heterocycles. The second kappa shape index (κ2) is 4.28. The Morgan fingerprint density at radius 2 is 2.06 bits per heavy atom. The van der Waals surface area contributed by atoms with Crippen LogP contribution in [0.1, 0.15) is 26.6 Å². The van der Waals surface area contributed by atoms with Crippen LogP contribution in [0.2, 0.25) is 0 Å². The van der Waals surface area contributed by atoms with E-state index in [0.717, 1.165) is 31.2 Å². The highest BCUT2D eigenvalue weighted by Crippen LogP contribution is 2.25. The summed E-state index contributed by atoms with van der Waals surface area (Å²) in [5.74, 6) is 2.95. The topological polar surface area (TPSA) is 49.0 Å². The van der Waals surface area contributed by atoms with E-state index in [0.29, 0.717) is 11.8 Å². The molecule has 0 aliphatic carbocycles. The van der Waals surface area contributed by atoms with E-state index >= 15 is 0 Å². The fraction of sp³-hybridized carbons (Fsp3) is 0.667. The largest absolute Gasteiger partial charge is 0.356 e. The van der Waals surface area contributed by atoms with E-state index in [1.807, 2.05) is 6.92 Å². The molecule has 2 rings (SSSR count). The van der Waals surface area contributed by atoms with Gasteiger partial charge in [-0.3, -0.25) is 4.79 Å². The highest BCUT2D eigenvalue weighted by atomic mass is 16.1. The third-order valence-corrected chi connectivity index (χ3v) is 3.42. The molecule has 0 radical (unpaired) electrons. The van der Waals surface area contributed by atoms with Gasteiger partial charge in [-0.1, -0.05) is 20.8 Å². The van der Waals surface area contributed by atoms with Crippen LogP contribution in [-0.2, 0) is 6.42 Å². The van der Waals surface area contributed by atoms with Crippen molar-refractivity contribution < 1.29 is 0 Å². The molecule has 16 heavy (non-hydrogen) atoms. The zero-order valence-electron chi connectivity index (χ0n) is 10.2. The fourth-order valence-corrected chi connectivity index (χ4v) is 2.14. The summed E-state index contributed by atoms with van der Waals surface area (Å²) >= 11 is 0. The average molecular weight is 221 g/mol. The third kappa shape index (κ3) is 2.10. The summed E-state index contributed by atoms with van der Waals surface area (Å²) in [7, 11) is 0. The zero-order valence-corrected chi connectivity index (χ0v) is 10.2. The van der Waals surface area contributed by atoms with E-state index in [1.165, 1.54) is 0 Å². The third-order valence-electron chi connectivity index (χ3n) is 3.42. The van der Waals surface area contributed by atoms with Crippen molar-refractivity contribution >= 4 is 5.82 Å². The lowest BCUT2D eigenvalue weighted by Crippen LogP contribution is -2.24. The Hall–Kier alpha value is -1.32. The average Bonchev–Trinajstić information content (AvgIpc) is 2.58. The first kappa shape index (κ1) is 11.2. The summed E-state index contributed by atoms with van der Waals surface area (Å²) in [5, 5.41) is 0. The lowest BCUT2D eigenvalue weighted by Gasteiger charge is -2.17. The van der Waals surface area contributed by atoms with Crippen molar-refractivity contribution in [1.82, 2.24) is 9.97 Å². The van der Waals surface area contributed by atoms with Crippen molar-refractivity contribution in [3.63, 3.8) is 0 Å². The van der Waals surface area contributed by atoms with E-state index in [-0.39, 0.29) is 5.56 Å². The second-order valence-electron chi connectivity index (χ2n) is 4.76. The first-order valence-corrected chi connectivity index (χ1v) is 5.95. The van der Waals surface area contributed by atoms with Crippen molar-refractivity contribution in [3.8, 4) is 0 Å². The molecular weight excluding hydrogens is 202 g/mol. The van der Waals surface area contributed by atoms with Gasteiger partial charge >= 0.3 is 0 Å². The molecule has 1 N–H and O–H groups in total. The lowest BCUT2D eigenvalue weighted by molar-refractivity contribution is 0.494. The molecule has 0 saturated carbocycles. The molecule has 4 heteroatoms. The van der Waals surface area contributed by atoms with E-state index in [1.54, 1.807) is 6.07 Å². The molecule has 1 aromatic rings. The van der Waals surface area contributed by atoms with Crippen LogP contribution in [0, 0.1) is 11.8 Å². The van der Waals surface area contributed by atoms with Gasteiger partial charge < -0.3 is 9.88 Å². The Morgan fingerprint density at radius 3 is 2.62 bits per heavy atom. The van der Waals surface area contributed by atoms with Gasteiger partial charge in [-0.25, -0.2) is 4.98 Å². The number of anilines is 1. The molecule has 1 aliphatic rings. The molecular formula is C12H19N3O. The number of rotatable bonds is 2. The molecule has 0 bridgehead atoms. The monoisotopic (exact) mass is 221 g/mol. The van der Waals surface area contributed by atoms with Crippen LogP contribution in [0.15, 0.2) is 10.9 Å². The molecule has 0 spiro atoms. The zero-order chi connectivity index (χ0) is 11.7. The number of hydrogen-bond donors (Lipinski definition) is 1. The van der Waals surface area contributed by atoms with Gasteiger partial charge in [0.05, 0.1) is 0 Å². The van der Waals surface area contributed by atoms with Crippen molar-refractivity contribution in [2.75, 3.05) is 18.0 Å². The summed E-state index contributed by atoms with van der Waals surface area (Å²) < 4.78 is 0. The number of aromatic amines is 1. The predicted molar refractivity (Wildman–Crippen MR) is 64.8 cm³/mol. The van der Waals surface area contributed by atoms with Crippen LogP contribution in [0.25, 0.3) is 0 Å². The van der Waals surface area contributed by atoms with Crippen molar-refractivity contribution in [2.24, 2.45) is 11.8 Å². The number of aryl methyl sites for hydroxylation is 1. The SMILES string of the molecule is CCc1nc(N2CC(C)C(C)C2)cc(=O)[nH]1. The summed E-state index contributed by atoms with van der Waals surface area (Å²) in [6.45, 7) is 8.50. The maximum atomic E-state index is 11.5. The normalized spacial score (nSPS) is 25.1. The summed E-state index contributed by atoms with van der Waals surface area (Å²) in [6, 6.07) is 1.60. The molecule has 2 unspecified atom stereocenters. The Balaban J connectivity index is 2.27. The van der Waals surface area contributed by atoms with Gasteiger partial charge in [-0.05, 0) is 11.8 Å². The molecule has 0 aromatic carbocycles. The minimum atomic E-state index is -0.0472. The molecule has 0 amide bonds. The Labute approximate surface area is 95.7 Å². The Kier molecular flexibility index (Phi) is 2.99. The molecule has 88 valence electrons. The number of nitrogens with zero attached hydrogens (tertiary/aromatic N) is 2. The molecule has 2 heterocycles. The second-order valence-corrected chi connectivity index (χ2v) is 4.76. The first-order chi connectivity index (χ1) is 7.60. The number of hydrogen-bond acceptors (Lipinski definition) is 3. The van der Waals surface area contributed by atoms with Crippen LogP contribution in [0.3, 0.4) is 0 Å². The van der Waals surface area contributed by atoms with Gasteiger partial charge in [0.2, 0.25) is 0 Å². The van der Waals surface area contributed by atoms with Gasteiger partial charge in [0, 0.05) is 25.6 Å². The van der Waals surface area contributed by atoms with Crippen molar-refractivity contribution in [2.45, 2.75) is 27.2 Å². The van der Waals surface area contributed by atoms with Gasteiger partial charge in [-0.2, -0.15) is 0 Å². The number of H-pyrrole nitrogens is 1. The molecule has 2 atom stereocenters. The van der Waals surface area contributed by atoms with Crippen LogP contribution in [0.4, 0.5) is 5.82 Å².